The van der Waals surface area contributed by atoms with Gasteiger partial charge in [-0.2, -0.15) is 5.10 Å². The fraction of sp³-hybridized carbons (Fsp3) is 0.222. The maximum absolute atomic E-state index is 12.9. The van der Waals surface area contributed by atoms with Crippen molar-refractivity contribution in [2.45, 2.75) is 27.2 Å². The molecule has 0 saturated heterocycles. The Morgan fingerprint density at radius 1 is 1.12 bits per heavy atom. The summed E-state index contributed by atoms with van der Waals surface area (Å²) in [4.78, 5) is 20.6. The average molecular weight is 339 g/mol. The third kappa shape index (κ3) is 3.71. The first-order chi connectivity index (χ1) is 11.9. The van der Waals surface area contributed by atoms with E-state index >= 15 is 0 Å². The SMILES string of the molecule is Cc1nn(-c2ncc(NC(=O)Cc3ccc(F)cc3)cn2)c(C)c1C. The van der Waals surface area contributed by atoms with E-state index < -0.39 is 0 Å². The van der Waals surface area contributed by atoms with E-state index in [2.05, 4.69) is 20.4 Å². The number of aromatic nitrogens is 4. The molecule has 7 heteroatoms. The fourth-order valence-corrected chi connectivity index (χ4v) is 2.40. The molecule has 0 atom stereocenters. The number of rotatable bonds is 4. The lowest BCUT2D eigenvalue weighted by molar-refractivity contribution is -0.115. The largest absolute Gasteiger partial charge is 0.323 e. The first-order valence-corrected chi connectivity index (χ1v) is 7.83. The van der Waals surface area contributed by atoms with Gasteiger partial charge in [-0.15, -0.1) is 0 Å². The van der Waals surface area contributed by atoms with Crippen molar-refractivity contribution >= 4 is 11.6 Å². The minimum absolute atomic E-state index is 0.151. The summed E-state index contributed by atoms with van der Waals surface area (Å²) in [6.07, 6.45) is 3.23. The molecule has 128 valence electrons. The zero-order valence-electron chi connectivity index (χ0n) is 14.2. The van der Waals surface area contributed by atoms with Crippen molar-refractivity contribution in [3.05, 3.63) is 65.0 Å². The van der Waals surface area contributed by atoms with Crippen LogP contribution in [0.25, 0.3) is 5.95 Å². The second-order valence-corrected chi connectivity index (χ2v) is 5.83. The van der Waals surface area contributed by atoms with E-state index in [4.69, 9.17) is 0 Å². The van der Waals surface area contributed by atoms with Crippen molar-refractivity contribution in [1.29, 1.82) is 0 Å². The van der Waals surface area contributed by atoms with Crippen molar-refractivity contribution < 1.29 is 9.18 Å². The van der Waals surface area contributed by atoms with Gasteiger partial charge in [0.1, 0.15) is 5.82 Å². The monoisotopic (exact) mass is 339 g/mol. The summed E-state index contributed by atoms with van der Waals surface area (Å²) in [5.74, 6) is -0.0947. The highest BCUT2D eigenvalue weighted by atomic mass is 19.1. The highest BCUT2D eigenvalue weighted by Crippen LogP contribution is 2.15. The Bertz CT molecular complexity index is 900. The smallest absolute Gasteiger partial charge is 0.250 e. The molecular weight excluding hydrogens is 321 g/mol. The fourth-order valence-electron chi connectivity index (χ4n) is 2.40. The molecule has 0 radical (unpaired) electrons. The molecule has 6 nitrogen and oxygen atoms in total. The Kier molecular flexibility index (Phi) is 4.56. The van der Waals surface area contributed by atoms with Gasteiger partial charge in [-0.1, -0.05) is 12.1 Å². The second kappa shape index (κ2) is 6.80. The summed E-state index contributed by atoms with van der Waals surface area (Å²) in [5, 5.41) is 7.13. The quantitative estimate of drug-likeness (QED) is 0.793. The number of amides is 1. The molecule has 2 heterocycles. The lowest BCUT2D eigenvalue weighted by Crippen LogP contribution is -2.15. The average Bonchev–Trinajstić information content (AvgIpc) is 2.85. The molecule has 0 aliphatic carbocycles. The maximum Gasteiger partial charge on any atom is 0.250 e. The number of halogens is 1. The van der Waals surface area contributed by atoms with E-state index in [0.29, 0.717) is 11.6 Å². The lowest BCUT2D eigenvalue weighted by Gasteiger charge is -2.06. The number of carbonyl (C=O) groups excluding carboxylic acids is 1. The van der Waals surface area contributed by atoms with E-state index in [-0.39, 0.29) is 18.1 Å². The predicted molar refractivity (Wildman–Crippen MR) is 92.1 cm³/mol. The summed E-state index contributed by atoms with van der Waals surface area (Å²) in [7, 11) is 0. The van der Waals surface area contributed by atoms with E-state index in [0.717, 1.165) is 22.5 Å². The van der Waals surface area contributed by atoms with Gasteiger partial charge < -0.3 is 5.32 Å². The van der Waals surface area contributed by atoms with Crippen LogP contribution in [-0.4, -0.2) is 25.7 Å². The number of benzene rings is 1. The molecule has 0 aliphatic rings. The predicted octanol–water partition coefficient (Wildman–Crippen LogP) is 2.91. The highest BCUT2D eigenvalue weighted by Gasteiger charge is 2.11. The van der Waals surface area contributed by atoms with Gasteiger partial charge in [-0.3, -0.25) is 4.79 Å². The van der Waals surface area contributed by atoms with Gasteiger partial charge in [0.2, 0.25) is 5.91 Å². The Morgan fingerprint density at radius 3 is 2.32 bits per heavy atom. The molecule has 3 aromatic rings. The molecular formula is C18H18FN5O. The lowest BCUT2D eigenvalue weighted by atomic mass is 10.1. The van der Waals surface area contributed by atoms with Crippen LogP contribution in [0.2, 0.25) is 0 Å². The molecule has 0 bridgehead atoms. The minimum atomic E-state index is -0.326. The van der Waals surface area contributed by atoms with Gasteiger partial charge in [0.15, 0.2) is 0 Å². The van der Waals surface area contributed by atoms with Crippen LogP contribution >= 0.6 is 0 Å². The summed E-state index contributed by atoms with van der Waals surface area (Å²) >= 11 is 0. The van der Waals surface area contributed by atoms with Crippen LogP contribution in [0.3, 0.4) is 0 Å². The molecule has 1 N–H and O–H groups in total. The number of nitrogens with one attached hydrogen (secondary N) is 1. The minimum Gasteiger partial charge on any atom is -0.323 e. The van der Waals surface area contributed by atoms with Crippen LogP contribution in [0.1, 0.15) is 22.5 Å². The zero-order valence-corrected chi connectivity index (χ0v) is 14.2. The van der Waals surface area contributed by atoms with E-state index in [1.807, 2.05) is 20.8 Å². The molecule has 2 aromatic heterocycles. The normalized spacial score (nSPS) is 10.7. The Balaban J connectivity index is 1.69. The first kappa shape index (κ1) is 16.8. The molecule has 0 fully saturated rings. The molecule has 0 spiro atoms. The number of carbonyl (C=O) groups is 1. The van der Waals surface area contributed by atoms with Crippen molar-refractivity contribution in [3.63, 3.8) is 0 Å². The molecule has 1 amide bonds. The topological polar surface area (TPSA) is 72.7 Å². The Labute approximate surface area is 144 Å². The summed E-state index contributed by atoms with van der Waals surface area (Å²) in [6.45, 7) is 5.89. The molecule has 0 aliphatic heterocycles. The van der Waals surface area contributed by atoms with Crippen LogP contribution in [0.15, 0.2) is 36.7 Å². The second-order valence-electron chi connectivity index (χ2n) is 5.83. The molecule has 1 aromatic carbocycles. The highest BCUT2D eigenvalue weighted by molar-refractivity contribution is 5.91. The molecule has 25 heavy (non-hydrogen) atoms. The van der Waals surface area contributed by atoms with Crippen LogP contribution in [-0.2, 0) is 11.2 Å². The Hall–Kier alpha value is -3.09. The Morgan fingerprint density at radius 2 is 1.76 bits per heavy atom. The number of aryl methyl sites for hydroxylation is 1. The van der Waals surface area contributed by atoms with Gasteiger partial charge in [0.05, 0.1) is 30.2 Å². The van der Waals surface area contributed by atoms with E-state index in [1.54, 1.807) is 16.8 Å². The molecule has 3 rings (SSSR count). The molecule has 0 unspecified atom stereocenters. The van der Waals surface area contributed by atoms with Crippen LogP contribution in [0, 0.1) is 26.6 Å². The van der Waals surface area contributed by atoms with Crippen molar-refractivity contribution in [1.82, 2.24) is 19.7 Å². The third-order valence-corrected chi connectivity index (χ3v) is 4.04. The maximum atomic E-state index is 12.9. The summed E-state index contributed by atoms with van der Waals surface area (Å²) < 4.78 is 14.6. The van der Waals surface area contributed by atoms with Gasteiger partial charge in [-0.05, 0) is 44.0 Å². The first-order valence-electron chi connectivity index (χ1n) is 7.83. The van der Waals surface area contributed by atoms with Crippen LogP contribution in [0.4, 0.5) is 10.1 Å². The number of nitrogens with zero attached hydrogens (tertiary/aromatic N) is 4. The van der Waals surface area contributed by atoms with Gasteiger partial charge >= 0.3 is 0 Å². The number of anilines is 1. The third-order valence-electron chi connectivity index (χ3n) is 4.04. The number of hydrogen-bond acceptors (Lipinski definition) is 4. The standard InChI is InChI=1S/C18H18FN5O/c1-11-12(2)23-24(13(11)3)18-20-9-16(10-21-18)22-17(25)8-14-4-6-15(19)7-5-14/h4-7,9-10H,8H2,1-3H3,(H,22,25). The summed E-state index contributed by atoms with van der Waals surface area (Å²) in [6, 6.07) is 5.83. The van der Waals surface area contributed by atoms with Gasteiger partial charge in [0, 0.05) is 5.69 Å². The van der Waals surface area contributed by atoms with E-state index in [9.17, 15) is 9.18 Å². The van der Waals surface area contributed by atoms with Gasteiger partial charge in [0.25, 0.3) is 5.95 Å². The number of hydrogen-bond donors (Lipinski definition) is 1. The van der Waals surface area contributed by atoms with Gasteiger partial charge in [-0.25, -0.2) is 19.0 Å². The summed E-state index contributed by atoms with van der Waals surface area (Å²) in [5.41, 5.74) is 4.23. The van der Waals surface area contributed by atoms with Crippen LogP contribution < -0.4 is 5.32 Å². The van der Waals surface area contributed by atoms with Crippen molar-refractivity contribution in [2.24, 2.45) is 0 Å². The van der Waals surface area contributed by atoms with Crippen molar-refractivity contribution in [3.8, 4) is 5.95 Å². The zero-order chi connectivity index (χ0) is 18.0. The van der Waals surface area contributed by atoms with Crippen LogP contribution in [0.5, 0.6) is 0 Å². The van der Waals surface area contributed by atoms with E-state index in [1.165, 1.54) is 24.5 Å². The van der Waals surface area contributed by atoms with Crippen molar-refractivity contribution in [2.75, 3.05) is 5.32 Å². The molecule has 0 saturated carbocycles.